The number of hydrogen-bond donors (Lipinski definition) is 2. The lowest BCUT2D eigenvalue weighted by molar-refractivity contribution is 0.195. The van der Waals surface area contributed by atoms with Gasteiger partial charge in [-0.15, -0.1) is 0 Å². The van der Waals surface area contributed by atoms with E-state index in [2.05, 4.69) is 11.8 Å². The molecule has 1 aliphatic heterocycles. The fraction of sp³-hybridized carbons (Fsp3) is 0.625. The third-order valence-electron chi connectivity index (χ3n) is 4.14. The van der Waals surface area contributed by atoms with Crippen LogP contribution in [0.3, 0.4) is 0 Å². The molecule has 0 radical (unpaired) electrons. The van der Waals surface area contributed by atoms with Gasteiger partial charge in [-0.2, -0.15) is 0 Å². The van der Waals surface area contributed by atoms with Gasteiger partial charge in [0.05, 0.1) is 6.10 Å². The number of hydrogen-bond acceptors (Lipinski definition) is 3. The number of anilines is 1. The van der Waals surface area contributed by atoms with Crippen LogP contribution in [0, 0.1) is 0 Å². The van der Waals surface area contributed by atoms with Gasteiger partial charge in [0.2, 0.25) is 0 Å². The highest BCUT2D eigenvalue weighted by atomic mass is 16.3. The maximum absolute atomic E-state index is 10.0. The lowest BCUT2D eigenvalue weighted by atomic mass is 10.0. The van der Waals surface area contributed by atoms with Crippen LogP contribution in [0.5, 0.6) is 5.75 Å². The Morgan fingerprint density at radius 2 is 2.11 bits per heavy atom. The standard InChI is InChI=1S/C16H25NO2/c1-3-13-7-5-4-6-10-17(13)14-8-9-15(12(2)18)16(19)11-14/h8-9,11-13,18-19H,3-7,10H2,1-2H3. The van der Waals surface area contributed by atoms with Crippen molar-refractivity contribution in [3.63, 3.8) is 0 Å². The molecular formula is C16H25NO2. The van der Waals surface area contributed by atoms with Gasteiger partial charge in [0.25, 0.3) is 0 Å². The number of phenolic OH excluding ortho intramolecular Hbond substituents is 1. The van der Waals surface area contributed by atoms with Crippen LogP contribution in [0.4, 0.5) is 5.69 Å². The molecule has 2 rings (SSSR count). The molecule has 0 saturated carbocycles. The van der Waals surface area contributed by atoms with Crippen molar-refractivity contribution in [1.29, 1.82) is 0 Å². The quantitative estimate of drug-likeness (QED) is 0.875. The fourth-order valence-corrected chi connectivity index (χ4v) is 3.01. The van der Waals surface area contributed by atoms with E-state index in [-0.39, 0.29) is 5.75 Å². The Bertz CT molecular complexity index is 417. The largest absolute Gasteiger partial charge is 0.507 e. The molecule has 1 aromatic carbocycles. The van der Waals surface area contributed by atoms with Crippen molar-refractivity contribution in [3.05, 3.63) is 23.8 Å². The summed E-state index contributed by atoms with van der Waals surface area (Å²) >= 11 is 0. The highest BCUT2D eigenvalue weighted by Gasteiger charge is 2.20. The van der Waals surface area contributed by atoms with E-state index in [0.717, 1.165) is 18.7 Å². The van der Waals surface area contributed by atoms with E-state index in [1.165, 1.54) is 25.7 Å². The molecule has 1 aliphatic rings. The topological polar surface area (TPSA) is 43.7 Å². The van der Waals surface area contributed by atoms with Crippen LogP contribution in [0.15, 0.2) is 18.2 Å². The first-order valence-electron chi connectivity index (χ1n) is 7.41. The third kappa shape index (κ3) is 3.21. The summed E-state index contributed by atoms with van der Waals surface area (Å²) in [6.07, 6.45) is 5.56. The molecule has 1 heterocycles. The van der Waals surface area contributed by atoms with E-state index in [4.69, 9.17) is 0 Å². The second-order valence-electron chi connectivity index (χ2n) is 5.52. The minimum Gasteiger partial charge on any atom is -0.507 e. The number of aromatic hydroxyl groups is 1. The third-order valence-corrected chi connectivity index (χ3v) is 4.14. The summed E-state index contributed by atoms with van der Waals surface area (Å²) in [7, 11) is 0. The highest BCUT2D eigenvalue weighted by Crippen LogP contribution is 2.32. The Morgan fingerprint density at radius 1 is 1.32 bits per heavy atom. The van der Waals surface area contributed by atoms with Gasteiger partial charge in [-0.1, -0.05) is 25.8 Å². The molecule has 0 aliphatic carbocycles. The van der Waals surface area contributed by atoms with Crippen LogP contribution >= 0.6 is 0 Å². The minimum atomic E-state index is -0.625. The van der Waals surface area contributed by atoms with Gasteiger partial charge in [0.1, 0.15) is 5.75 Å². The summed E-state index contributed by atoms with van der Waals surface area (Å²) in [5.74, 6) is 0.201. The maximum Gasteiger partial charge on any atom is 0.123 e. The molecule has 0 bridgehead atoms. The Kier molecular flexibility index (Phi) is 4.70. The number of nitrogens with zero attached hydrogens (tertiary/aromatic N) is 1. The van der Waals surface area contributed by atoms with Crippen molar-refractivity contribution in [2.45, 2.75) is 58.1 Å². The van der Waals surface area contributed by atoms with Crippen molar-refractivity contribution in [2.75, 3.05) is 11.4 Å². The second-order valence-corrected chi connectivity index (χ2v) is 5.52. The molecule has 1 saturated heterocycles. The van der Waals surface area contributed by atoms with Gasteiger partial charge in [-0.3, -0.25) is 0 Å². The average Bonchev–Trinajstić information content (AvgIpc) is 2.63. The maximum atomic E-state index is 10.0. The summed E-state index contributed by atoms with van der Waals surface area (Å²) in [6.45, 7) is 4.97. The van der Waals surface area contributed by atoms with Crippen LogP contribution in [-0.2, 0) is 0 Å². The van der Waals surface area contributed by atoms with E-state index < -0.39 is 6.10 Å². The molecular weight excluding hydrogens is 238 g/mol. The van der Waals surface area contributed by atoms with Crippen LogP contribution in [0.1, 0.15) is 57.6 Å². The van der Waals surface area contributed by atoms with Gasteiger partial charge in [-0.25, -0.2) is 0 Å². The van der Waals surface area contributed by atoms with Crippen LogP contribution < -0.4 is 4.90 Å². The van der Waals surface area contributed by atoms with Gasteiger partial charge in [0.15, 0.2) is 0 Å². The van der Waals surface area contributed by atoms with Crippen molar-refractivity contribution < 1.29 is 10.2 Å². The van der Waals surface area contributed by atoms with Gasteiger partial charge in [-0.05, 0) is 32.3 Å². The molecule has 2 N–H and O–H groups in total. The molecule has 1 fully saturated rings. The zero-order valence-corrected chi connectivity index (χ0v) is 12.0. The van der Waals surface area contributed by atoms with Gasteiger partial charge >= 0.3 is 0 Å². The number of rotatable bonds is 3. The Hall–Kier alpha value is -1.22. The van der Waals surface area contributed by atoms with Crippen molar-refractivity contribution in [2.24, 2.45) is 0 Å². The van der Waals surface area contributed by atoms with Crippen LogP contribution in [0.2, 0.25) is 0 Å². The monoisotopic (exact) mass is 263 g/mol. The molecule has 0 amide bonds. The van der Waals surface area contributed by atoms with Gasteiger partial charge < -0.3 is 15.1 Å². The number of benzene rings is 1. The molecule has 106 valence electrons. The molecule has 0 spiro atoms. The van der Waals surface area contributed by atoms with E-state index in [9.17, 15) is 10.2 Å². The first-order chi connectivity index (χ1) is 9.13. The predicted octanol–water partition coefficient (Wildman–Crippen LogP) is 3.60. The van der Waals surface area contributed by atoms with Crippen molar-refractivity contribution in [3.8, 4) is 5.75 Å². The molecule has 3 nitrogen and oxygen atoms in total. The summed E-state index contributed by atoms with van der Waals surface area (Å²) in [6, 6.07) is 6.23. The molecule has 2 atom stereocenters. The summed E-state index contributed by atoms with van der Waals surface area (Å²) in [4.78, 5) is 2.42. The lowest BCUT2D eigenvalue weighted by Gasteiger charge is -2.32. The molecule has 3 heteroatoms. The molecule has 2 unspecified atom stereocenters. The Morgan fingerprint density at radius 3 is 2.74 bits per heavy atom. The first kappa shape index (κ1) is 14.2. The number of aliphatic hydroxyl groups excluding tert-OH is 1. The summed E-state index contributed by atoms with van der Waals surface area (Å²) in [5, 5.41) is 19.6. The first-order valence-corrected chi connectivity index (χ1v) is 7.41. The molecule has 0 aromatic heterocycles. The van der Waals surface area contributed by atoms with Crippen LogP contribution in [-0.4, -0.2) is 22.8 Å². The summed E-state index contributed by atoms with van der Waals surface area (Å²) < 4.78 is 0. The van der Waals surface area contributed by atoms with E-state index in [0.29, 0.717) is 11.6 Å². The SMILES string of the molecule is CCC1CCCCCN1c1ccc(C(C)O)c(O)c1. The fourth-order valence-electron chi connectivity index (χ4n) is 3.01. The number of aliphatic hydroxyl groups is 1. The Labute approximate surface area is 115 Å². The summed E-state index contributed by atoms with van der Waals surface area (Å²) in [5.41, 5.74) is 1.68. The number of phenols is 1. The van der Waals surface area contributed by atoms with E-state index >= 15 is 0 Å². The van der Waals surface area contributed by atoms with Crippen molar-refractivity contribution in [1.82, 2.24) is 0 Å². The van der Waals surface area contributed by atoms with Crippen molar-refractivity contribution >= 4 is 5.69 Å². The highest BCUT2D eigenvalue weighted by molar-refractivity contribution is 5.54. The zero-order chi connectivity index (χ0) is 13.8. The van der Waals surface area contributed by atoms with E-state index in [1.807, 2.05) is 12.1 Å². The van der Waals surface area contributed by atoms with Gasteiger partial charge in [0, 0.05) is 29.9 Å². The minimum absolute atomic E-state index is 0.201. The predicted molar refractivity (Wildman–Crippen MR) is 78.6 cm³/mol. The second kappa shape index (κ2) is 6.29. The normalized spacial score (nSPS) is 22.1. The van der Waals surface area contributed by atoms with Crippen LogP contribution in [0.25, 0.3) is 0 Å². The smallest absolute Gasteiger partial charge is 0.123 e. The molecule has 1 aromatic rings. The average molecular weight is 263 g/mol. The zero-order valence-electron chi connectivity index (χ0n) is 12.0. The lowest BCUT2D eigenvalue weighted by Crippen LogP contribution is -2.34. The van der Waals surface area contributed by atoms with E-state index in [1.54, 1.807) is 13.0 Å². The Balaban J connectivity index is 2.26. The molecule has 19 heavy (non-hydrogen) atoms.